The number of aromatic nitrogens is 1. The fourth-order valence-electron chi connectivity index (χ4n) is 4.18. The highest BCUT2D eigenvalue weighted by atomic mass is 16.2. The summed E-state index contributed by atoms with van der Waals surface area (Å²) in [7, 11) is 0. The number of pyridine rings is 1. The van der Waals surface area contributed by atoms with Crippen LogP contribution in [0.1, 0.15) is 24.1 Å². The number of piperidine rings is 1. The number of hydrogen-bond acceptors (Lipinski definition) is 4. The summed E-state index contributed by atoms with van der Waals surface area (Å²) in [6, 6.07) is 13.1. The van der Waals surface area contributed by atoms with E-state index in [2.05, 4.69) is 10.3 Å². The van der Waals surface area contributed by atoms with Gasteiger partial charge in [0, 0.05) is 44.1 Å². The molecule has 0 radical (unpaired) electrons. The molecule has 2 saturated heterocycles. The lowest BCUT2D eigenvalue weighted by Crippen LogP contribution is -2.59. The van der Waals surface area contributed by atoms with Crippen molar-refractivity contribution < 1.29 is 14.4 Å². The SMILES string of the molecule is Cc1cccc(NC(=O)N2CCC(N3CCN(Cc4ccccn4)C(=O)C3=O)CC2)c1. The van der Waals surface area contributed by atoms with Gasteiger partial charge in [0.05, 0.1) is 12.2 Å². The van der Waals surface area contributed by atoms with Gasteiger partial charge in [0.25, 0.3) is 0 Å². The number of urea groups is 1. The topological polar surface area (TPSA) is 85.8 Å². The molecule has 2 aliphatic rings. The lowest BCUT2D eigenvalue weighted by Gasteiger charge is -2.42. The van der Waals surface area contributed by atoms with Crippen molar-refractivity contribution in [2.45, 2.75) is 32.4 Å². The van der Waals surface area contributed by atoms with E-state index in [1.807, 2.05) is 49.4 Å². The van der Waals surface area contributed by atoms with E-state index in [0.29, 0.717) is 45.6 Å². The van der Waals surface area contributed by atoms with Gasteiger partial charge in [-0.05, 0) is 49.6 Å². The van der Waals surface area contributed by atoms with E-state index in [0.717, 1.165) is 16.9 Å². The molecule has 0 aliphatic carbocycles. The number of carbonyl (C=O) groups excluding carboxylic acids is 3. The van der Waals surface area contributed by atoms with Gasteiger partial charge in [0.2, 0.25) is 0 Å². The normalized spacial score (nSPS) is 17.8. The molecular formula is C23H27N5O3. The third kappa shape index (κ3) is 4.84. The Morgan fingerprint density at radius 2 is 1.84 bits per heavy atom. The van der Waals surface area contributed by atoms with Gasteiger partial charge in [-0.25, -0.2) is 4.79 Å². The summed E-state index contributed by atoms with van der Waals surface area (Å²) in [5.74, 6) is -0.929. The summed E-state index contributed by atoms with van der Waals surface area (Å²) in [5.41, 5.74) is 2.63. The fraction of sp³-hybridized carbons (Fsp3) is 0.391. The number of rotatable bonds is 4. The predicted octanol–water partition coefficient (Wildman–Crippen LogP) is 2.26. The zero-order valence-electron chi connectivity index (χ0n) is 17.7. The van der Waals surface area contributed by atoms with Crippen molar-refractivity contribution in [3.05, 3.63) is 59.9 Å². The number of hydrogen-bond donors (Lipinski definition) is 1. The fourth-order valence-corrected chi connectivity index (χ4v) is 4.18. The Kier molecular flexibility index (Phi) is 6.16. The number of piperazine rings is 1. The second kappa shape index (κ2) is 9.16. The van der Waals surface area contributed by atoms with Gasteiger partial charge in [-0.3, -0.25) is 14.6 Å². The molecule has 0 saturated carbocycles. The van der Waals surface area contributed by atoms with Crippen molar-refractivity contribution in [1.29, 1.82) is 0 Å². The predicted molar refractivity (Wildman–Crippen MR) is 116 cm³/mol. The third-order valence-corrected chi connectivity index (χ3v) is 5.88. The maximum absolute atomic E-state index is 12.7. The van der Waals surface area contributed by atoms with Crippen LogP contribution in [0.2, 0.25) is 0 Å². The number of aryl methyl sites for hydroxylation is 1. The monoisotopic (exact) mass is 421 g/mol. The first-order chi connectivity index (χ1) is 15.0. The number of nitrogens with zero attached hydrogens (tertiary/aromatic N) is 4. The van der Waals surface area contributed by atoms with Crippen LogP contribution in [0, 0.1) is 6.92 Å². The Hall–Kier alpha value is -3.42. The molecule has 4 rings (SSSR count). The van der Waals surface area contributed by atoms with E-state index in [4.69, 9.17) is 0 Å². The van der Waals surface area contributed by atoms with E-state index >= 15 is 0 Å². The number of amides is 4. The molecule has 3 heterocycles. The molecule has 2 fully saturated rings. The molecule has 31 heavy (non-hydrogen) atoms. The number of nitrogens with one attached hydrogen (secondary N) is 1. The number of carbonyl (C=O) groups is 3. The van der Waals surface area contributed by atoms with Crippen LogP contribution in [0.25, 0.3) is 0 Å². The number of likely N-dealkylation sites (tertiary alicyclic amines) is 1. The molecule has 8 heteroatoms. The van der Waals surface area contributed by atoms with Gasteiger partial charge < -0.3 is 20.0 Å². The van der Waals surface area contributed by atoms with Gasteiger partial charge in [-0.1, -0.05) is 18.2 Å². The molecule has 0 atom stereocenters. The molecule has 0 spiro atoms. The maximum Gasteiger partial charge on any atom is 0.321 e. The molecule has 4 amide bonds. The van der Waals surface area contributed by atoms with Crippen LogP contribution in [0.3, 0.4) is 0 Å². The maximum atomic E-state index is 12.7. The van der Waals surface area contributed by atoms with Crippen LogP contribution in [0.15, 0.2) is 48.7 Å². The first kappa shape index (κ1) is 20.8. The Balaban J connectivity index is 1.29. The molecule has 8 nitrogen and oxygen atoms in total. The van der Waals surface area contributed by atoms with Crippen LogP contribution < -0.4 is 5.32 Å². The quantitative estimate of drug-likeness (QED) is 0.768. The highest BCUT2D eigenvalue weighted by Crippen LogP contribution is 2.21. The molecular weight excluding hydrogens is 394 g/mol. The van der Waals surface area contributed by atoms with Crippen molar-refractivity contribution in [3.8, 4) is 0 Å². The summed E-state index contributed by atoms with van der Waals surface area (Å²) in [5, 5.41) is 2.93. The summed E-state index contributed by atoms with van der Waals surface area (Å²) >= 11 is 0. The second-order valence-electron chi connectivity index (χ2n) is 8.06. The average molecular weight is 422 g/mol. The summed E-state index contributed by atoms with van der Waals surface area (Å²) in [4.78, 5) is 47.2. The molecule has 162 valence electrons. The van der Waals surface area contributed by atoms with E-state index in [1.165, 1.54) is 0 Å². The molecule has 0 bridgehead atoms. The lowest BCUT2D eigenvalue weighted by molar-refractivity contribution is -0.158. The van der Waals surface area contributed by atoms with Crippen molar-refractivity contribution >= 4 is 23.5 Å². The Labute approximate surface area is 181 Å². The van der Waals surface area contributed by atoms with Crippen molar-refractivity contribution in [3.63, 3.8) is 0 Å². The first-order valence-corrected chi connectivity index (χ1v) is 10.6. The van der Waals surface area contributed by atoms with Gasteiger partial charge in [-0.2, -0.15) is 0 Å². The zero-order chi connectivity index (χ0) is 21.8. The van der Waals surface area contributed by atoms with Gasteiger partial charge >= 0.3 is 17.8 Å². The minimum Gasteiger partial charge on any atom is -0.330 e. The van der Waals surface area contributed by atoms with Gasteiger partial charge in [-0.15, -0.1) is 0 Å². The standard InChI is InChI=1S/C23H27N5O3/c1-17-5-4-7-18(15-17)25-23(31)26-11-8-20(9-12-26)28-14-13-27(21(29)22(28)30)16-19-6-2-3-10-24-19/h2-7,10,15,20H,8-9,11-14,16H2,1H3,(H,25,31). The number of anilines is 1. The van der Waals surface area contributed by atoms with Crippen LogP contribution in [-0.4, -0.2) is 69.8 Å². The molecule has 2 aromatic rings. The Bertz CT molecular complexity index is 957. The van der Waals surface area contributed by atoms with Crippen LogP contribution in [0.4, 0.5) is 10.5 Å². The number of benzene rings is 1. The zero-order valence-corrected chi connectivity index (χ0v) is 17.7. The highest BCUT2D eigenvalue weighted by Gasteiger charge is 2.38. The van der Waals surface area contributed by atoms with Gasteiger partial charge in [0.15, 0.2) is 0 Å². The third-order valence-electron chi connectivity index (χ3n) is 5.88. The molecule has 0 unspecified atom stereocenters. The van der Waals surface area contributed by atoms with E-state index in [1.54, 1.807) is 20.9 Å². The van der Waals surface area contributed by atoms with Crippen LogP contribution >= 0.6 is 0 Å². The second-order valence-corrected chi connectivity index (χ2v) is 8.06. The first-order valence-electron chi connectivity index (χ1n) is 10.6. The van der Waals surface area contributed by atoms with Crippen molar-refractivity contribution in [2.24, 2.45) is 0 Å². The summed E-state index contributed by atoms with van der Waals surface area (Å²) in [6.07, 6.45) is 3.02. The van der Waals surface area contributed by atoms with E-state index < -0.39 is 11.8 Å². The van der Waals surface area contributed by atoms with E-state index in [9.17, 15) is 14.4 Å². The summed E-state index contributed by atoms with van der Waals surface area (Å²) in [6.45, 7) is 4.44. The van der Waals surface area contributed by atoms with Crippen molar-refractivity contribution in [1.82, 2.24) is 19.7 Å². The van der Waals surface area contributed by atoms with E-state index in [-0.39, 0.29) is 12.1 Å². The molecule has 2 aliphatic heterocycles. The lowest BCUT2D eigenvalue weighted by atomic mass is 10.0. The van der Waals surface area contributed by atoms with Crippen molar-refractivity contribution in [2.75, 3.05) is 31.5 Å². The minimum absolute atomic E-state index is 0.0172. The molecule has 1 aromatic heterocycles. The van der Waals surface area contributed by atoms with Gasteiger partial charge in [0.1, 0.15) is 0 Å². The highest BCUT2D eigenvalue weighted by molar-refractivity contribution is 6.35. The van der Waals surface area contributed by atoms with Crippen LogP contribution in [-0.2, 0) is 16.1 Å². The Morgan fingerprint density at radius 3 is 2.55 bits per heavy atom. The summed E-state index contributed by atoms with van der Waals surface area (Å²) < 4.78 is 0. The Morgan fingerprint density at radius 1 is 1.03 bits per heavy atom. The smallest absolute Gasteiger partial charge is 0.321 e. The largest absolute Gasteiger partial charge is 0.330 e. The van der Waals surface area contributed by atoms with Crippen LogP contribution in [0.5, 0.6) is 0 Å². The minimum atomic E-state index is -0.475. The average Bonchev–Trinajstić information content (AvgIpc) is 2.78. The molecule has 1 N–H and O–H groups in total. The molecule has 1 aromatic carbocycles.